The van der Waals surface area contributed by atoms with E-state index in [2.05, 4.69) is 0 Å². The van der Waals surface area contributed by atoms with Crippen LogP contribution in [0.3, 0.4) is 0 Å². The molecule has 7 heteroatoms. The van der Waals surface area contributed by atoms with Gasteiger partial charge in [-0.2, -0.15) is 18.8 Å². The molecule has 0 aromatic carbocycles. The zero-order valence-corrected chi connectivity index (χ0v) is 8.86. The number of halogens is 2. The Hall–Kier alpha value is -0.740. The van der Waals surface area contributed by atoms with E-state index in [1.165, 1.54) is 0 Å². The summed E-state index contributed by atoms with van der Waals surface area (Å²) in [6.45, 7) is 0. The third-order valence-corrected chi connectivity index (χ3v) is 3.64. The maximum absolute atomic E-state index is 12.1. The van der Waals surface area contributed by atoms with Crippen LogP contribution in [0, 0.1) is 11.3 Å². The van der Waals surface area contributed by atoms with Crippen LogP contribution in [0.4, 0.5) is 8.78 Å². The van der Waals surface area contributed by atoms with Crippen LogP contribution >= 0.6 is 0 Å². The normalized spacial score (nSPS) is 21.2. The molecule has 0 heterocycles. The average Bonchev–Trinajstić information content (AvgIpc) is 2.18. The SMILES string of the molecule is N#CC1(NS(=O)(=O)C(F)F)CCCCC1. The Balaban J connectivity index is 2.82. The monoisotopic (exact) mass is 238 g/mol. The van der Waals surface area contributed by atoms with Crippen LogP contribution in [0.25, 0.3) is 0 Å². The first-order chi connectivity index (χ1) is 6.92. The van der Waals surface area contributed by atoms with E-state index in [0.29, 0.717) is 25.7 Å². The number of alkyl halides is 2. The number of nitrogens with zero attached hydrogens (tertiary/aromatic N) is 1. The van der Waals surface area contributed by atoms with E-state index in [4.69, 9.17) is 5.26 Å². The highest BCUT2D eigenvalue weighted by molar-refractivity contribution is 7.89. The van der Waals surface area contributed by atoms with Gasteiger partial charge in [0, 0.05) is 0 Å². The van der Waals surface area contributed by atoms with Gasteiger partial charge in [-0.3, -0.25) is 0 Å². The van der Waals surface area contributed by atoms with E-state index in [0.717, 1.165) is 6.42 Å². The molecular weight excluding hydrogens is 226 g/mol. The van der Waals surface area contributed by atoms with Crippen molar-refractivity contribution in [2.45, 2.75) is 43.4 Å². The summed E-state index contributed by atoms with van der Waals surface area (Å²) >= 11 is 0. The summed E-state index contributed by atoms with van der Waals surface area (Å²) in [5.41, 5.74) is -1.33. The fraction of sp³-hybridized carbons (Fsp3) is 0.875. The van der Waals surface area contributed by atoms with Gasteiger partial charge in [0.1, 0.15) is 5.54 Å². The van der Waals surface area contributed by atoms with Gasteiger partial charge in [-0.25, -0.2) is 8.42 Å². The minimum absolute atomic E-state index is 0.301. The molecule has 0 saturated heterocycles. The number of nitrogens with one attached hydrogen (secondary N) is 1. The van der Waals surface area contributed by atoms with E-state index in [9.17, 15) is 17.2 Å². The lowest BCUT2D eigenvalue weighted by Gasteiger charge is -2.30. The summed E-state index contributed by atoms with van der Waals surface area (Å²) < 4.78 is 47.9. The van der Waals surface area contributed by atoms with Crippen LogP contribution in [-0.4, -0.2) is 19.7 Å². The Morgan fingerprint density at radius 2 is 1.80 bits per heavy atom. The smallest absolute Gasteiger partial charge is 0.206 e. The van der Waals surface area contributed by atoms with Crippen molar-refractivity contribution in [2.75, 3.05) is 0 Å². The van der Waals surface area contributed by atoms with Crippen LogP contribution in [0.1, 0.15) is 32.1 Å². The van der Waals surface area contributed by atoms with Gasteiger partial charge in [0.05, 0.1) is 6.07 Å². The fourth-order valence-corrected chi connectivity index (χ4v) is 2.59. The minimum Gasteiger partial charge on any atom is -0.206 e. The van der Waals surface area contributed by atoms with Crippen LogP contribution in [-0.2, 0) is 10.0 Å². The Labute approximate surface area is 87.3 Å². The zero-order chi connectivity index (χ0) is 11.5. The lowest BCUT2D eigenvalue weighted by atomic mass is 9.84. The van der Waals surface area contributed by atoms with Gasteiger partial charge in [0.25, 0.3) is 10.0 Å². The lowest BCUT2D eigenvalue weighted by Crippen LogP contribution is -2.50. The third kappa shape index (κ3) is 2.86. The van der Waals surface area contributed by atoms with Crippen molar-refractivity contribution in [3.8, 4) is 6.07 Å². The summed E-state index contributed by atoms with van der Waals surface area (Å²) in [5, 5.41) is 8.86. The molecule has 4 nitrogen and oxygen atoms in total. The molecule has 0 spiro atoms. The van der Waals surface area contributed by atoms with Crippen LogP contribution in [0.15, 0.2) is 0 Å². The Bertz CT molecular complexity index is 355. The quantitative estimate of drug-likeness (QED) is 0.806. The molecule has 1 rings (SSSR count). The number of hydrogen-bond donors (Lipinski definition) is 1. The second kappa shape index (κ2) is 4.41. The van der Waals surface area contributed by atoms with Crippen molar-refractivity contribution < 1.29 is 17.2 Å². The molecule has 0 amide bonds. The fourth-order valence-electron chi connectivity index (χ4n) is 1.71. The predicted octanol–water partition coefficient (Wildman–Crippen LogP) is 1.35. The molecule has 1 saturated carbocycles. The van der Waals surface area contributed by atoms with Crippen molar-refractivity contribution in [3.63, 3.8) is 0 Å². The first-order valence-corrected chi connectivity index (χ1v) is 6.19. The molecule has 0 unspecified atom stereocenters. The number of hydrogen-bond acceptors (Lipinski definition) is 3. The molecule has 0 bridgehead atoms. The third-order valence-electron chi connectivity index (χ3n) is 2.49. The first kappa shape index (κ1) is 12.3. The van der Waals surface area contributed by atoms with Gasteiger partial charge in [0.15, 0.2) is 0 Å². The van der Waals surface area contributed by atoms with E-state index in [-0.39, 0.29) is 0 Å². The van der Waals surface area contributed by atoms with Crippen LogP contribution in [0.2, 0.25) is 0 Å². The molecule has 0 aliphatic heterocycles. The van der Waals surface area contributed by atoms with Gasteiger partial charge < -0.3 is 0 Å². The standard InChI is InChI=1S/C8H12F2N2O2S/c9-7(10)15(13,14)12-8(6-11)4-2-1-3-5-8/h7,12H,1-5H2. The van der Waals surface area contributed by atoms with Gasteiger partial charge in [-0.15, -0.1) is 0 Å². The van der Waals surface area contributed by atoms with E-state index in [1.807, 2.05) is 4.72 Å². The molecule has 0 aromatic rings. The summed E-state index contributed by atoms with van der Waals surface area (Å²) in [5.74, 6) is -3.48. The highest BCUT2D eigenvalue weighted by Gasteiger charge is 2.39. The minimum atomic E-state index is -4.67. The lowest BCUT2D eigenvalue weighted by molar-refractivity contribution is 0.226. The summed E-state index contributed by atoms with van der Waals surface area (Å²) in [4.78, 5) is 0. The average molecular weight is 238 g/mol. The number of rotatable bonds is 3. The predicted molar refractivity (Wildman–Crippen MR) is 49.5 cm³/mol. The molecule has 1 aliphatic rings. The molecular formula is C8H12F2N2O2S. The van der Waals surface area contributed by atoms with Crippen molar-refractivity contribution in [3.05, 3.63) is 0 Å². The molecule has 0 atom stereocenters. The van der Waals surface area contributed by atoms with Crippen LogP contribution in [0.5, 0.6) is 0 Å². The van der Waals surface area contributed by atoms with Gasteiger partial charge in [0.2, 0.25) is 0 Å². The first-order valence-electron chi connectivity index (χ1n) is 4.64. The topological polar surface area (TPSA) is 70.0 Å². The molecule has 1 N–H and O–H groups in total. The molecule has 1 aliphatic carbocycles. The number of sulfonamides is 1. The van der Waals surface area contributed by atoms with Crippen molar-refractivity contribution in [1.82, 2.24) is 4.72 Å². The van der Waals surface area contributed by atoms with E-state index >= 15 is 0 Å². The molecule has 86 valence electrons. The summed E-state index contributed by atoms with van der Waals surface area (Å²) in [6.07, 6.45) is 2.86. The van der Waals surface area contributed by atoms with Crippen molar-refractivity contribution in [1.29, 1.82) is 5.26 Å². The Morgan fingerprint density at radius 3 is 2.20 bits per heavy atom. The van der Waals surface area contributed by atoms with Crippen molar-refractivity contribution in [2.24, 2.45) is 0 Å². The maximum Gasteiger partial charge on any atom is 0.350 e. The highest BCUT2D eigenvalue weighted by atomic mass is 32.2. The van der Waals surface area contributed by atoms with E-state index in [1.54, 1.807) is 6.07 Å². The second-order valence-corrected chi connectivity index (χ2v) is 5.31. The largest absolute Gasteiger partial charge is 0.350 e. The van der Waals surface area contributed by atoms with Crippen molar-refractivity contribution >= 4 is 10.0 Å². The second-order valence-electron chi connectivity index (χ2n) is 3.66. The molecule has 0 aromatic heterocycles. The van der Waals surface area contributed by atoms with Gasteiger partial charge in [-0.1, -0.05) is 19.3 Å². The molecule has 15 heavy (non-hydrogen) atoms. The van der Waals surface area contributed by atoms with E-state index < -0.39 is 21.3 Å². The molecule has 1 fully saturated rings. The Morgan fingerprint density at radius 1 is 1.27 bits per heavy atom. The molecule has 0 radical (unpaired) electrons. The Kier molecular flexibility index (Phi) is 3.62. The van der Waals surface area contributed by atoms with Gasteiger partial charge >= 0.3 is 5.76 Å². The summed E-state index contributed by atoms with van der Waals surface area (Å²) in [7, 11) is -4.67. The highest BCUT2D eigenvalue weighted by Crippen LogP contribution is 2.28. The number of nitriles is 1. The summed E-state index contributed by atoms with van der Waals surface area (Å²) in [6, 6.07) is 1.80. The zero-order valence-electron chi connectivity index (χ0n) is 8.04. The van der Waals surface area contributed by atoms with Gasteiger partial charge in [-0.05, 0) is 12.8 Å². The maximum atomic E-state index is 12.1. The van der Waals surface area contributed by atoms with Crippen LogP contribution < -0.4 is 4.72 Å².